The highest BCUT2D eigenvalue weighted by Gasteiger charge is 2.57. The Hall–Kier alpha value is -3.76. The van der Waals surface area contributed by atoms with E-state index in [9.17, 15) is 28.8 Å². The monoisotopic (exact) mass is 455 g/mol. The van der Waals surface area contributed by atoms with Crippen LogP contribution in [0.3, 0.4) is 0 Å². The lowest BCUT2D eigenvalue weighted by Crippen LogP contribution is -2.70. The Kier molecular flexibility index (Phi) is 5.88. The van der Waals surface area contributed by atoms with Crippen LogP contribution in [0.5, 0.6) is 0 Å². The molecule has 2 N–H and O–H groups in total. The molecule has 0 saturated carbocycles. The van der Waals surface area contributed by atoms with Crippen LogP contribution >= 0.6 is 0 Å². The lowest BCUT2D eigenvalue weighted by atomic mass is 9.92. The number of imide groups is 1. The molecule has 4 atom stereocenters. The van der Waals surface area contributed by atoms with Crippen molar-refractivity contribution in [3.63, 3.8) is 0 Å². The third-order valence-electron chi connectivity index (χ3n) is 6.34. The van der Waals surface area contributed by atoms with E-state index < -0.39 is 41.9 Å². The van der Waals surface area contributed by atoms with Crippen LogP contribution in [0.2, 0.25) is 0 Å². The second-order valence-electron chi connectivity index (χ2n) is 8.36. The van der Waals surface area contributed by atoms with E-state index in [1.165, 1.54) is 9.80 Å². The van der Waals surface area contributed by atoms with E-state index in [2.05, 4.69) is 10.6 Å². The van der Waals surface area contributed by atoms with Crippen molar-refractivity contribution >= 4 is 35.4 Å². The van der Waals surface area contributed by atoms with Gasteiger partial charge in [-0.25, -0.2) is 4.79 Å². The number of ketones is 1. The first kappa shape index (κ1) is 22.4. The smallest absolute Gasteiger partial charge is 0.325 e. The van der Waals surface area contributed by atoms with Gasteiger partial charge in [-0.3, -0.25) is 28.9 Å². The van der Waals surface area contributed by atoms with Crippen molar-refractivity contribution < 1.29 is 28.8 Å². The van der Waals surface area contributed by atoms with Gasteiger partial charge in [0.15, 0.2) is 5.78 Å². The van der Waals surface area contributed by atoms with Crippen molar-refractivity contribution in [2.45, 2.75) is 32.0 Å². The summed E-state index contributed by atoms with van der Waals surface area (Å²) in [6.07, 6.45) is 0. The molecular weight excluding hydrogens is 430 g/mol. The van der Waals surface area contributed by atoms with E-state index in [1.807, 2.05) is 0 Å². The first-order valence-corrected chi connectivity index (χ1v) is 10.8. The number of hydrogen-bond donors (Lipinski definition) is 2. The fourth-order valence-corrected chi connectivity index (χ4v) is 4.44. The van der Waals surface area contributed by atoms with Crippen LogP contribution in [0.1, 0.15) is 25.5 Å². The van der Waals surface area contributed by atoms with E-state index in [1.54, 1.807) is 44.2 Å². The van der Waals surface area contributed by atoms with E-state index >= 15 is 0 Å². The number of benzene rings is 1. The number of nitrogens with zero attached hydrogens (tertiary/aromatic N) is 3. The van der Waals surface area contributed by atoms with Gasteiger partial charge < -0.3 is 20.4 Å². The predicted octanol–water partition coefficient (Wildman–Crippen LogP) is -0.958. The molecule has 3 fully saturated rings. The number of rotatable bonds is 5. The molecule has 4 rings (SSSR count). The normalized spacial score (nSPS) is 25.5. The van der Waals surface area contributed by atoms with Crippen LogP contribution in [0.4, 0.5) is 4.79 Å². The van der Waals surface area contributed by atoms with E-state index in [0.29, 0.717) is 18.7 Å². The summed E-state index contributed by atoms with van der Waals surface area (Å²) in [6, 6.07) is 4.50. The van der Waals surface area contributed by atoms with E-state index in [-0.39, 0.29) is 30.7 Å². The molecule has 0 aliphatic carbocycles. The molecule has 3 unspecified atom stereocenters. The molecule has 11 nitrogen and oxygen atoms in total. The van der Waals surface area contributed by atoms with Crippen molar-refractivity contribution in [2.24, 2.45) is 5.92 Å². The minimum Gasteiger partial charge on any atom is -0.340 e. The SMILES string of the molecule is CCN1CCN(C(=O)NC(C(=O)NC2C(=O)N3CC(C)C(=O)[C@H]23)c2ccccc2)C(=O)C1=O. The first-order chi connectivity index (χ1) is 15.7. The van der Waals surface area contributed by atoms with E-state index in [4.69, 9.17) is 0 Å². The molecular formula is C22H25N5O6. The molecule has 1 aromatic rings. The number of fused-ring (bicyclic) bond motifs is 1. The first-order valence-electron chi connectivity index (χ1n) is 10.8. The molecule has 3 saturated heterocycles. The molecule has 0 aromatic heterocycles. The zero-order chi connectivity index (χ0) is 23.9. The minimum absolute atomic E-state index is 0.00207. The molecule has 0 radical (unpaired) electrons. The van der Waals surface area contributed by atoms with Crippen LogP contribution in [-0.4, -0.2) is 88.4 Å². The summed E-state index contributed by atoms with van der Waals surface area (Å²) < 4.78 is 0. The molecule has 0 spiro atoms. The highest BCUT2D eigenvalue weighted by Crippen LogP contribution is 2.31. The van der Waals surface area contributed by atoms with Gasteiger partial charge in [0.1, 0.15) is 18.1 Å². The van der Waals surface area contributed by atoms with Crippen molar-refractivity contribution in [3.8, 4) is 0 Å². The quantitative estimate of drug-likeness (QED) is 0.434. The number of β-lactam (4-membered cyclic amide) rings is 1. The molecule has 1 aromatic carbocycles. The van der Waals surface area contributed by atoms with Gasteiger partial charge in [-0.1, -0.05) is 37.3 Å². The van der Waals surface area contributed by atoms with Crippen LogP contribution < -0.4 is 10.6 Å². The van der Waals surface area contributed by atoms with Crippen molar-refractivity contribution in [1.82, 2.24) is 25.3 Å². The molecule has 33 heavy (non-hydrogen) atoms. The number of piperazine rings is 1. The maximum atomic E-state index is 13.1. The number of likely N-dealkylation sites (N-methyl/N-ethyl adjacent to an activating group) is 1. The predicted molar refractivity (Wildman–Crippen MR) is 113 cm³/mol. The molecule has 0 bridgehead atoms. The highest BCUT2D eigenvalue weighted by molar-refractivity contribution is 6.38. The number of nitrogens with one attached hydrogen (secondary N) is 2. The summed E-state index contributed by atoms with van der Waals surface area (Å²) in [6.45, 7) is 4.34. The Labute approximate surface area is 190 Å². The van der Waals surface area contributed by atoms with Gasteiger partial charge in [0.25, 0.3) is 0 Å². The van der Waals surface area contributed by atoms with Gasteiger partial charge in [-0.15, -0.1) is 0 Å². The van der Waals surface area contributed by atoms with E-state index in [0.717, 1.165) is 4.90 Å². The van der Waals surface area contributed by atoms with Crippen LogP contribution in [0, 0.1) is 5.92 Å². The largest absolute Gasteiger partial charge is 0.340 e. The number of urea groups is 1. The number of hydrogen-bond acceptors (Lipinski definition) is 6. The van der Waals surface area contributed by atoms with Crippen molar-refractivity contribution in [2.75, 3.05) is 26.2 Å². The summed E-state index contributed by atoms with van der Waals surface area (Å²) in [4.78, 5) is 78.8. The summed E-state index contributed by atoms with van der Waals surface area (Å²) in [5, 5.41) is 5.10. The summed E-state index contributed by atoms with van der Waals surface area (Å²) in [7, 11) is 0. The Bertz CT molecular complexity index is 1030. The minimum atomic E-state index is -1.23. The fraction of sp³-hybridized carbons (Fsp3) is 0.455. The van der Waals surface area contributed by atoms with Gasteiger partial charge in [0.2, 0.25) is 11.8 Å². The van der Waals surface area contributed by atoms with Crippen LogP contribution in [0.25, 0.3) is 0 Å². The number of amides is 6. The lowest BCUT2D eigenvalue weighted by molar-refractivity contribution is -0.154. The second-order valence-corrected chi connectivity index (χ2v) is 8.36. The Morgan fingerprint density at radius 3 is 2.42 bits per heavy atom. The van der Waals surface area contributed by atoms with Gasteiger partial charge in [-0.2, -0.15) is 0 Å². The number of Topliss-reactive ketones (excluding diaryl/α,β-unsaturated/α-hetero) is 1. The Morgan fingerprint density at radius 1 is 1.06 bits per heavy atom. The zero-order valence-electron chi connectivity index (χ0n) is 18.3. The van der Waals surface area contributed by atoms with Crippen molar-refractivity contribution in [3.05, 3.63) is 35.9 Å². The molecule has 3 heterocycles. The van der Waals surface area contributed by atoms with Gasteiger partial charge in [0.05, 0.1) is 0 Å². The molecule has 3 aliphatic rings. The Morgan fingerprint density at radius 2 is 1.76 bits per heavy atom. The molecule has 6 amide bonds. The molecule has 174 valence electrons. The van der Waals surface area contributed by atoms with Crippen LogP contribution in [0.15, 0.2) is 30.3 Å². The third kappa shape index (κ3) is 3.83. The van der Waals surface area contributed by atoms with Crippen molar-refractivity contribution in [1.29, 1.82) is 0 Å². The zero-order valence-corrected chi connectivity index (χ0v) is 18.3. The second kappa shape index (κ2) is 8.64. The topological polar surface area (TPSA) is 136 Å². The van der Waals surface area contributed by atoms with Gasteiger partial charge >= 0.3 is 17.8 Å². The van der Waals surface area contributed by atoms with Gasteiger partial charge in [0, 0.05) is 32.1 Å². The molecule has 11 heteroatoms. The number of carbonyl (C=O) groups excluding carboxylic acids is 6. The maximum absolute atomic E-state index is 13.1. The highest BCUT2D eigenvalue weighted by atomic mass is 16.2. The average molecular weight is 455 g/mol. The Balaban J connectivity index is 1.50. The summed E-state index contributed by atoms with van der Waals surface area (Å²) >= 11 is 0. The summed E-state index contributed by atoms with van der Waals surface area (Å²) in [5.74, 6) is -3.20. The summed E-state index contributed by atoms with van der Waals surface area (Å²) in [5.41, 5.74) is 0.420. The van der Waals surface area contributed by atoms with Gasteiger partial charge in [-0.05, 0) is 12.5 Å². The fourth-order valence-electron chi connectivity index (χ4n) is 4.44. The standard InChI is InChI=1S/C22H25N5O6/c1-3-25-9-10-26(21(32)20(25)31)22(33)24-14(13-7-5-4-6-8-13)18(29)23-15-16-17(28)12(2)11-27(16)19(15)30/h4-8,12,14-16H,3,9-11H2,1-2H3,(H,23,29)(H,24,33)/t12?,14?,15?,16-/m0/s1. The number of carbonyl (C=O) groups is 6. The molecule has 3 aliphatic heterocycles. The van der Waals surface area contributed by atoms with Crippen LogP contribution in [-0.2, 0) is 24.0 Å². The lowest BCUT2D eigenvalue weighted by Gasteiger charge is -2.42. The third-order valence-corrected chi connectivity index (χ3v) is 6.34. The average Bonchev–Trinajstić information content (AvgIpc) is 3.08. The maximum Gasteiger partial charge on any atom is 0.325 e.